The predicted molar refractivity (Wildman–Crippen MR) is 161 cm³/mol. The third-order valence-corrected chi connectivity index (χ3v) is 9.70. The quantitative estimate of drug-likeness (QED) is 0.295. The molecule has 7 nitrogen and oxygen atoms in total. The van der Waals surface area contributed by atoms with Crippen molar-refractivity contribution in [2.24, 2.45) is 0 Å². The van der Waals surface area contributed by atoms with Gasteiger partial charge in [-0.25, -0.2) is 12.8 Å². The molecule has 41 heavy (non-hydrogen) atoms. The zero-order valence-electron chi connectivity index (χ0n) is 23.2. The van der Waals surface area contributed by atoms with Gasteiger partial charge in [0.15, 0.2) is 0 Å². The van der Waals surface area contributed by atoms with E-state index in [1.165, 1.54) is 29.2 Å². The summed E-state index contributed by atoms with van der Waals surface area (Å²) in [7, 11) is -4.20. The monoisotopic (exact) mass is 643 g/mol. The van der Waals surface area contributed by atoms with Crippen molar-refractivity contribution in [3.63, 3.8) is 0 Å². The van der Waals surface area contributed by atoms with Crippen molar-refractivity contribution < 1.29 is 22.4 Å². The van der Waals surface area contributed by atoms with E-state index in [4.69, 9.17) is 0 Å². The average molecular weight is 645 g/mol. The van der Waals surface area contributed by atoms with Crippen molar-refractivity contribution in [1.29, 1.82) is 0 Å². The first-order valence-corrected chi connectivity index (χ1v) is 16.0. The molecule has 2 amide bonds. The van der Waals surface area contributed by atoms with Crippen molar-refractivity contribution in [3.05, 3.63) is 94.2 Å². The SMILES string of the molecule is Cc1ccc(S(=O)(=O)N(CC(=O)N(Cc2ccc(Br)cc2)[C@@H](C)C(=O)NC2CCCCC2)c2ccc(F)cc2)cc1. The fourth-order valence-electron chi connectivity index (χ4n) is 4.91. The van der Waals surface area contributed by atoms with E-state index in [9.17, 15) is 22.4 Å². The number of halogens is 2. The Balaban J connectivity index is 1.66. The second-order valence-electron chi connectivity index (χ2n) is 10.5. The normalized spacial score (nSPS) is 14.7. The van der Waals surface area contributed by atoms with Crippen molar-refractivity contribution in [2.75, 3.05) is 10.8 Å². The topological polar surface area (TPSA) is 86.8 Å². The largest absolute Gasteiger partial charge is 0.352 e. The Labute approximate surface area is 249 Å². The first-order valence-electron chi connectivity index (χ1n) is 13.7. The van der Waals surface area contributed by atoms with Crippen LogP contribution in [0.5, 0.6) is 0 Å². The van der Waals surface area contributed by atoms with Crippen LogP contribution in [-0.2, 0) is 26.2 Å². The standard InChI is InChI=1S/C31H35BrFN3O4S/c1-22-8-18-29(19-9-22)41(39,40)36(28-16-14-26(33)15-17-28)21-30(37)35(20-24-10-12-25(32)13-11-24)23(2)31(38)34-27-6-4-3-5-7-27/h8-19,23,27H,3-7,20-21H2,1-2H3,(H,34,38)/t23-/m0/s1. The number of rotatable bonds is 10. The van der Waals surface area contributed by atoms with Gasteiger partial charge in [0.05, 0.1) is 10.6 Å². The maximum atomic E-state index is 14.0. The number of hydrogen-bond acceptors (Lipinski definition) is 4. The summed E-state index contributed by atoms with van der Waals surface area (Å²) in [6, 6.07) is 17.8. The predicted octanol–water partition coefficient (Wildman–Crippen LogP) is 5.96. The summed E-state index contributed by atoms with van der Waals surface area (Å²) in [5.41, 5.74) is 1.81. The number of carbonyl (C=O) groups excluding carboxylic acids is 2. The Morgan fingerprint density at radius 1 is 0.951 bits per heavy atom. The molecule has 3 aromatic rings. The third-order valence-electron chi connectivity index (χ3n) is 7.39. The number of sulfonamides is 1. The highest BCUT2D eigenvalue weighted by Crippen LogP contribution is 2.26. The number of nitrogens with zero attached hydrogens (tertiary/aromatic N) is 2. The smallest absolute Gasteiger partial charge is 0.264 e. The molecule has 1 atom stereocenters. The van der Waals surface area contributed by atoms with E-state index in [2.05, 4.69) is 21.2 Å². The second-order valence-corrected chi connectivity index (χ2v) is 13.2. The number of benzene rings is 3. The Hall–Kier alpha value is -3.24. The Kier molecular flexibility index (Phi) is 10.2. The molecular formula is C31H35BrFN3O4S. The molecule has 1 aliphatic carbocycles. The molecule has 1 fully saturated rings. The molecule has 1 aliphatic rings. The van der Waals surface area contributed by atoms with E-state index in [1.54, 1.807) is 19.1 Å². The maximum absolute atomic E-state index is 14.0. The van der Waals surface area contributed by atoms with Crippen molar-refractivity contribution in [3.8, 4) is 0 Å². The molecule has 0 saturated heterocycles. The number of amides is 2. The van der Waals surface area contributed by atoms with Crippen LogP contribution in [0.25, 0.3) is 0 Å². The Morgan fingerprint density at radius 2 is 1.56 bits per heavy atom. The van der Waals surface area contributed by atoms with Crippen LogP contribution in [0.15, 0.2) is 82.2 Å². The van der Waals surface area contributed by atoms with Gasteiger partial charge in [-0.1, -0.05) is 65.0 Å². The molecule has 0 heterocycles. The van der Waals surface area contributed by atoms with Gasteiger partial charge in [0, 0.05) is 17.1 Å². The molecule has 0 aromatic heterocycles. The molecule has 0 bridgehead atoms. The Morgan fingerprint density at radius 3 is 2.17 bits per heavy atom. The molecular weight excluding hydrogens is 609 g/mol. The lowest BCUT2D eigenvalue weighted by atomic mass is 9.95. The van der Waals surface area contributed by atoms with Gasteiger partial charge in [0.1, 0.15) is 18.4 Å². The minimum absolute atomic E-state index is 0.00257. The summed E-state index contributed by atoms with van der Waals surface area (Å²) >= 11 is 3.42. The van der Waals surface area contributed by atoms with E-state index in [0.717, 1.165) is 64.1 Å². The van der Waals surface area contributed by atoms with Gasteiger partial charge in [0.25, 0.3) is 10.0 Å². The van der Waals surface area contributed by atoms with E-state index < -0.39 is 34.3 Å². The molecule has 0 unspecified atom stereocenters. The minimum Gasteiger partial charge on any atom is -0.352 e. The number of carbonyl (C=O) groups is 2. The van der Waals surface area contributed by atoms with E-state index in [-0.39, 0.29) is 29.1 Å². The van der Waals surface area contributed by atoms with E-state index >= 15 is 0 Å². The lowest BCUT2D eigenvalue weighted by molar-refractivity contribution is -0.139. The highest BCUT2D eigenvalue weighted by Gasteiger charge is 2.33. The summed E-state index contributed by atoms with van der Waals surface area (Å²) in [5.74, 6) is -1.37. The van der Waals surface area contributed by atoms with Crippen LogP contribution >= 0.6 is 15.9 Å². The number of nitrogens with one attached hydrogen (secondary N) is 1. The lowest BCUT2D eigenvalue weighted by Gasteiger charge is -2.33. The van der Waals surface area contributed by atoms with Crippen LogP contribution in [0.3, 0.4) is 0 Å². The van der Waals surface area contributed by atoms with Crippen LogP contribution in [-0.4, -0.2) is 43.8 Å². The zero-order chi connectivity index (χ0) is 29.6. The van der Waals surface area contributed by atoms with Gasteiger partial charge < -0.3 is 10.2 Å². The van der Waals surface area contributed by atoms with Gasteiger partial charge >= 0.3 is 0 Å². The van der Waals surface area contributed by atoms with Crippen LogP contribution < -0.4 is 9.62 Å². The second kappa shape index (κ2) is 13.6. The fourth-order valence-corrected chi connectivity index (χ4v) is 6.59. The summed E-state index contributed by atoms with van der Waals surface area (Å²) < 4.78 is 43.3. The molecule has 4 rings (SSSR count). The number of anilines is 1. The summed E-state index contributed by atoms with van der Waals surface area (Å²) in [5, 5.41) is 3.09. The summed E-state index contributed by atoms with van der Waals surface area (Å²) in [6.07, 6.45) is 5.03. The van der Waals surface area contributed by atoms with Crippen molar-refractivity contribution in [1.82, 2.24) is 10.2 Å². The van der Waals surface area contributed by atoms with Crippen LogP contribution in [0.4, 0.5) is 10.1 Å². The first-order chi connectivity index (χ1) is 19.5. The average Bonchev–Trinajstić information content (AvgIpc) is 2.96. The van der Waals surface area contributed by atoms with Crippen LogP contribution in [0.2, 0.25) is 0 Å². The lowest BCUT2D eigenvalue weighted by Crippen LogP contribution is -2.53. The molecule has 0 aliphatic heterocycles. The molecule has 10 heteroatoms. The van der Waals surface area contributed by atoms with Gasteiger partial charge in [-0.05, 0) is 80.8 Å². The highest BCUT2D eigenvalue weighted by atomic mass is 79.9. The molecule has 0 spiro atoms. The molecule has 1 N–H and O–H groups in total. The molecule has 218 valence electrons. The Bertz CT molecular complexity index is 1440. The fraction of sp³-hybridized carbons (Fsp3) is 0.355. The summed E-state index contributed by atoms with van der Waals surface area (Å²) in [6.45, 7) is 3.04. The highest BCUT2D eigenvalue weighted by molar-refractivity contribution is 9.10. The van der Waals surface area contributed by atoms with Gasteiger partial charge in [0.2, 0.25) is 11.8 Å². The third kappa shape index (κ3) is 7.95. The number of hydrogen-bond donors (Lipinski definition) is 1. The van der Waals surface area contributed by atoms with Crippen molar-refractivity contribution >= 4 is 43.5 Å². The molecule has 1 saturated carbocycles. The zero-order valence-corrected chi connectivity index (χ0v) is 25.6. The maximum Gasteiger partial charge on any atom is 0.264 e. The van der Waals surface area contributed by atoms with Gasteiger partial charge in [-0.3, -0.25) is 13.9 Å². The van der Waals surface area contributed by atoms with E-state index in [0.29, 0.717) is 0 Å². The minimum atomic E-state index is -4.20. The first kappa shape index (κ1) is 30.7. The summed E-state index contributed by atoms with van der Waals surface area (Å²) in [4.78, 5) is 28.8. The van der Waals surface area contributed by atoms with Crippen molar-refractivity contribution in [2.45, 2.75) is 69.5 Å². The number of aryl methyl sites for hydroxylation is 1. The molecule has 3 aromatic carbocycles. The van der Waals surface area contributed by atoms with Gasteiger partial charge in [-0.15, -0.1) is 0 Å². The van der Waals surface area contributed by atoms with Gasteiger partial charge in [-0.2, -0.15) is 0 Å². The van der Waals surface area contributed by atoms with Crippen LogP contribution in [0, 0.1) is 12.7 Å². The van der Waals surface area contributed by atoms with Crippen LogP contribution in [0.1, 0.15) is 50.2 Å². The molecule has 0 radical (unpaired) electrons. The van der Waals surface area contributed by atoms with E-state index in [1.807, 2.05) is 31.2 Å².